The van der Waals surface area contributed by atoms with Gasteiger partial charge in [0, 0.05) is 29.2 Å². The second-order valence-corrected chi connectivity index (χ2v) is 13.4. The zero-order valence-corrected chi connectivity index (χ0v) is 28.1. The number of halogens is 2. The molecule has 0 aromatic heterocycles. The van der Waals surface area contributed by atoms with Gasteiger partial charge < -0.3 is 19.7 Å². The van der Waals surface area contributed by atoms with Crippen LogP contribution in [0.1, 0.15) is 38.3 Å². The van der Waals surface area contributed by atoms with Gasteiger partial charge in [0.2, 0.25) is 11.8 Å². The summed E-state index contributed by atoms with van der Waals surface area (Å²) in [5.41, 5.74) is 1.52. The molecule has 0 spiro atoms. The lowest BCUT2D eigenvalue weighted by Crippen LogP contribution is -2.52. The SMILES string of the molecule is CC[C@@H](C(=O)NCC(C)C)N(Cc1ccc(Cl)cc1Cl)C(=O)CN(c1cc(OC)ccc1OC)S(=O)(=O)c1ccc(C)cc1. The maximum atomic E-state index is 14.3. The van der Waals surface area contributed by atoms with Crippen molar-refractivity contribution < 1.29 is 27.5 Å². The summed E-state index contributed by atoms with van der Waals surface area (Å²) in [5, 5.41) is 3.63. The fourth-order valence-corrected chi connectivity index (χ4v) is 6.40. The molecule has 0 fully saturated rings. The summed E-state index contributed by atoms with van der Waals surface area (Å²) in [6.45, 7) is 7.27. The van der Waals surface area contributed by atoms with E-state index in [2.05, 4.69) is 5.32 Å². The van der Waals surface area contributed by atoms with Crippen LogP contribution < -0.4 is 19.1 Å². The van der Waals surface area contributed by atoms with Gasteiger partial charge in [0.05, 0.1) is 24.8 Å². The van der Waals surface area contributed by atoms with E-state index in [4.69, 9.17) is 32.7 Å². The number of amides is 2. The van der Waals surface area contributed by atoms with Crippen molar-refractivity contribution in [2.45, 2.75) is 51.6 Å². The van der Waals surface area contributed by atoms with Crippen LogP contribution in [-0.4, -0.2) is 58.5 Å². The van der Waals surface area contributed by atoms with Crippen molar-refractivity contribution in [2.75, 3.05) is 31.6 Å². The number of rotatable bonds is 14. The maximum Gasteiger partial charge on any atom is 0.264 e. The van der Waals surface area contributed by atoms with Crippen LogP contribution in [0, 0.1) is 12.8 Å². The van der Waals surface area contributed by atoms with E-state index in [1.807, 2.05) is 20.8 Å². The first-order valence-electron chi connectivity index (χ1n) is 14.1. The highest BCUT2D eigenvalue weighted by Gasteiger charge is 2.35. The Morgan fingerprint density at radius 2 is 1.64 bits per heavy atom. The van der Waals surface area contributed by atoms with E-state index in [-0.39, 0.29) is 41.1 Å². The summed E-state index contributed by atoms with van der Waals surface area (Å²) in [6, 6.07) is 15.0. The summed E-state index contributed by atoms with van der Waals surface area (Å²) >= 11 is 12.6. The molecule has 238 valence electrons. The third-order valence-electron chi connectivity index (χ3n) is 6.97. The van der Waals surface area contributed by atoms with Gasteiger partial charge in [-0.15, -0.1) is 0 Å². The van der Waals surface area contributed by atoms with Crippen molar-refractivity contribution >= 4 is 50.7 Å². The topological polar surface area (TPSA) is 105 Å². The molecule has 0 unspecified atom stereocenters. The molecule has 1 N–H and O–H groups in total. The van der Waals surface area contributed by atoms with E-state index < -0.39 is 28.5 Å². The standard InChI is InChI=1S/C32H39Cl2N3O6S/c1-7-28(32(39)35-18-21(2)3)36(19-23-10-11-24(33)16-27(23)34)31(38)20-37(29-17-25(42-5)12-15-30(29)43-6)44(40,41)26-13-8-22(4)9-14-26/h8-17,21,28H,7,18-20H2,1-6H3,(H,35,39)/t28-/m0/s1. The Balaban J connectivity index is 2.16. The van der Waals surface area contributed by atoms with E-state index in [0.29, 0.717) is 27.9 Å². The Bertz CT molecular complexity index is 1560. The lowest BCUT2D eigenvalue weighted by atomic mass is 10.1. The van der Waals surface area contributed by atoms with E-state index in [1.165, 1.54) is 37.3 Å². The van der Waals surface area contributed by atoms with Crippen LogP contribution in [0.5, 0.6) is 11.5 Å². The number of ether oxygens (including phenoxy) is 2. The normalized spacial score (nSPS) is 12.0. The fraction of sp³-hybridized carbons (Fsp3) is 0.375. The summed E-state index contributed by atoms with van der Waals surface area (Å²) < 4.78 is 40.3. The number of benzene rings is 3. The van der Waals surface area contributed by atoms with Crippen LogP contribution in [0.2, 0.25) is 10.0 Å². The van der Waals surface area contributed by atoms with Gasteiger partial charge in [0.1, 0.15) is 24.1 Å². The quantitative estimate of drug-likeness (QED) is 0.224. The number of anilines is 1. The third-order valence-corrected chi connectivity index (χ3v) is 9.33. The fourth-order valence-electron chi connectivity index (χ4n) is 4.52. The summed E-state index contributed by atoms with van der Waals surface area (Å²) in [4.78, 5) is 29.1. The average molecular weight is 665 g/mol. The highest BCUT2D eigenvalue weighted by atomic mass is 35.5. The largest absolute Gasteiger partial charge is 0.497 e. The van der Waals surface area contributed by atoms with Gasteiger partial charge in [0.15, 0.2) is 0 Å². The lowest BCUT2D eigenvalue weighted by molar-refractivity contribution is -0.140. The number of sulfonamides is 1. The highest BCUT2D eigenvalue weighted by Crippen LogP contribution is 2.36. The molecule has 0 radical (unpaired) electrons. The van der Waals surface area contributed by atoms with Gasteiger partial charge in [-0.3, -0.25) is 13.9 Å². The number of carbonyl (C=O) groups is 2. The molecule has 3 aromatic rings. The van der Waals surface area contributed by atoms with E-state index in [1.54, 1.807) is 49.4 Å². The smallest absolute Gasteiger partial charge is 0.264 e. The zero-order valence-electron chi connectivity index (χ0n) is 25.8. The number of hydrogen-bond acceptors (Lipinski definition) is 6. The third kappa shape index (κ3) is 8.58. The van der Waals surface area contributed by atoms with Gasteiger partial charge in [-0.2, -0.15) is 0 Å². The van der Waals surface area contributed by atoms with Crippen molar-refractivity contribution in [3.8, 4) is 11.5 Å². The second-order valence-electron chi connectivity index (χ2n) is 10.7. The number of nitrogens with zero attached hydrogens (tertiary/aromatic N) is 2. The Morgan fingerprint density at radius 1 is 0.955 bits per heavy atom. The first-order valence-corrected chi connectivity index (χ1v) is 16.3. The highest BCUT2D eigenvalue weighted by molar-refractivity contribution is 7.92. The first-order chi connectivity index (χ1) is 20.8. The molecule has 0 aliphatic rings. The average Bonchev–Trinajstić information content (AvgIpc) is 2.99. The molecule has 0 aliphatic carbocycles. The maximum absolute atomic E-state index is 14.3. The molecule has 44 heavy (non-hydrogen) atoms. The number of nitrogens with one attached hydrogen (secondary N) is 1. The predicted octanol–water partition coefficient (Wildman–Crippen LogP) is 6.09. The van der Waals surface area contributed by atoms with E-state index in [0.717, 1.165) is 9.87 Å². The van der Waals surface area contributed by atoms with Crippen molar-refractivity contribution in [2.24, 2.45) is 5.92 Å². The molecule has 0 saturated heterocycles. The van der Waals surface area contributed by atoms with Gasteiger partial charge in [-0.1, -0.05) is 67.7 Å². The van der Waals surface area contributed by atoms with Crippen LogP contribution in [0.4, 0.5) is 5.69 Å². The van der Waals surface area contributed by atoms with Crippen LogP contribution in [0.3, 0.4) is 0 Å². The number of hydrogen-bond donors (Lipinski definition) is 1. The summed E-state index contributed by atoms with van der Waals surface area (Å²) in [7, 11) is -1.45. The Kier molecular flexibility index (Phi) is 12.3. The molecule has 12 heteroatoms. The lowest BCUT2D eigenvalue weighted by Gasteiger charge is -2.34. The summed E-state index contributed by atoms with van der Waals surface area (Å²) in [5.74, 6) is -0.221. The molecule has 3 aromatic carbocycles. The summed E-state index contributed by atoms with van der Waals surface area (Å²) in [6.07, 6.45) is 0.272. The number of carbonyl (C=O) groups excluding carboxylic acids is 2. The number of aryl methyl sites for hydroxylation is 1. The van der Waals surface area contributed by atoms with Crippen LogP contribution in [0.15, 0.2) is 65.6 Å². The molecule has 3 rings (SSSR count). The van der Waals surface area contributed by atoms with E-state index >= 15 is 0 Å². The Labute approximate surface area is 270 Å². The molecule has 2 amide bonds. The Hall–Kier alpha value is -3.47. The van der Waals surface area contributed by atoms with Crippen LogP contribution in [0.25, 0.3) is 0 Å². The molecular weight excluding hydrogens is 625 g/mol. The van der Waals surface area contributed by atoms with Gasteiger partial charge in [-0.05, 0) is 61.2 Å². The minimum absolute atomic E-state index is 0.0187. The number of methoxy groups -OCH3 is 2. The van der Waals surface area contributed by atoms with Crippen LogP contribution in [-0.2, 0) is 26.2 Å². The molecule has 0 aliphatic heterocycles. The molecule has 0 bridgehead atoms. The molecule has 0 saturated carbocycles. The minimum atomic E-state index is -4.31. The van der Waals surface area contributed by atoms with Crippen molar-refractivity contribution in [3.63, 3.8) is 0 Å². The monoisotopic (exact) mass is 663 g/mol. The first kappa shape index (κ1) is 35.0. The molecule has 1 atom stereocenters. The predicted molar refractivity (Wildman–Crippen MR) is 174 cm³/mol. The molecular formula is C32H39Cl2N3O6S. The van der Waals surface area contributed by atoms with Gasteiger partial charge >= 0.3 is 0 Å². The van der Waals surface area contributed by atoms with Gasteiger partial charge in [0.25, 0.3) is 10.0 Å². The minimum Gasteiger partial charge on any atom is -0.497 e. The Morgan fingerprint density at radius 3 is 2.20 bits per heavy atom. The van der Waals surface area contributed by atoms with Crippen molar-refractivity contribution in [1.29, 1.82) is 0 Å². The van der Waals surface area contributed by atoms with Crippen LogP contribution >= 0.6 is 23.2 Å². The zero-order chi connectivity index (χ0) is 32.6. The second kappa shape index (κ2) is 15.5. The van der Waals surface area contributed by atoms with E-state index in [9.17, 15) is 18.0 Å². The van der Waals surface area contributed by atoms with Crippen molar-refractivity contribution in [1.82, 2.24) is 10.2 Å². The van der Waals surface area contributed by atoms with Gasteiger partial charge in [-0.25, -0.2) is 8.42 Å². The molecule has 0 heterocycles. The molecule has 9 nitrogen and oxygen atoms in total. The van der Waals surface area contributed by atoms with Crippen molar-refractivity contribution in [3.05, 3.63) is 81.8 Å².